The second-order valence-electron chi connectivity index (χ2n) is 2.77. The summed E-state index contributed by atoms with van der Waals surface area (Å²) < 4.78 is 0. The molecular formula is C8H15N3. The molecule has 0 aliphatic heterocycles. The van der Waals surface area contributed by atoms with E-state index in [-0.39, 0.29) is 0 Å². The van der Waals surface area contributed by atoms with Crippen LogP contribution in [0.5, 0.6) is 0 Å². The van der Waals surface area contributed by atoms with Gasteiger partial charge < -0.3 is 5.32 Å². The van der Waals surface area contributed by atoms with Crippen LogP contribution in [0, 0.1) is 13.8 Å². The Labute approximate surface area is 67.2 Å². The van der Waals surface area contributed by atoms with Gasteiger partial charge in [0.2, 0.25) is 0 Å². The highest BCUT2D eigenvalue weighted by molar-refractivity contribution is 5.22. The molecule has 0 unspecified atom stereocenters. The highest BCUT2D eigenvalue weighted by Gasteiger charge is 2.03. The first kappa shape index (κ1) is 8.27. The minimum Gasteiger partial charge on any atom is -0.319 e. The first-order valence-electron chi connectivity index (χ1n) is 3.90. The van der Waals surface area contributed by atoms with E-state index in [1.807, 2.05) is 14.0 Å². The first-order chi connectivity index (χ1) is 5.25. The minimum atomic E-state index is 0.991. The summed E-state index contributed by atoms with van der Waals surface area (Å²) in [7, 11) is 1.95. The monoisotopic (exact) mass is 153 g/mol. The van der Waals surface area contributed by atoms with Gasteiger partial charge in [-0.05, 0) is 26.5 Å². The second-order valence-corrected chi connectivity index (χ2v) is 2.77. The summed E-state index contributed by atoms with van der Waals surface area (Å²) in [5, 5.41) is 10.3. The van der Waals surface area contributed by atoms with Crippen molar-refractivity contribution in [1.29, 1.82) is 0 Å². The van der Waals surface area contributed by atoms with E-state index in [1.165, 1.54) is 17.0 Å². The number of aromatic nitrogens is 2. The Bertz CT molecular complexity index is 227. The van der Waals surface area contributed by atoms with Gasteiger partial charge in [-0.3, -0.25) is 5.10 Å². The van der Waals surface area contributed by atoms with Crippen LogP contribution in [0.2, 0.25) is 0 Å². The number of aromatic amines is 1. The van der Waals surface area contributed by atoms with Gasteiger partial charge in [-0.1, -0.05) is 0 Å². The Morgan fingerprint density at radius 3 is 2.64 bits per heavy atom. The predicted octanol–water partition coefficient (Wildman–Crippen LogP) is 0.788. The van der Waals surface area contributed by atoms with E-state index >= 15 is 0 Å². The molecule has 0 saturated carbocycles. The van der Waals surface area contributed by atoms with Crippen molar-refractivity contribution in [1.82, 2.24) is 15.5 Å². The average Bonchev–Trinajstić information content (AvgIpc) is 2.31. The van der Waals surface area contributed by atoms with Crippen LogP contribution in [-0.4, -0.2) is 23.8 Å². The summed E-state index contributed by atoms with van der Waals surface area (Å²) in [5.41, 5.74) is 3.65. The van der Waals surface area contributed by atoms with Crippen molar-refractivity contribution < 1.29 is 0 Å². The fraction of sp³-hybridized carbons (Fsp3) is 0.625. The van der Waals surface area contributed by atoms with Crippen LogP contribution in [0.25, 0.3) is 0 Å². The Balaban J connectivity index is 2.63. The van der Waals surface area contributed by atoms with Gasteiger partial charge in [0, 0.05) is 18.7 Å². The van der Waals surface area contributed by atoms with Gasteiger partial charge in [0.15, 0.2) is 0 Å². The Hall–Kier alpha value is -0.830. The zero-order chi connectivity index (χ0) is 8.27. The van der Waals surface area contributed by atoms with Crippen LogP contribution in [0.3, 0.4) is 0 Å². The lowest BCUT2D eigenvalue weighted by Crippen LogP contribution is -2.11. The standard InChI is InChI=1S/C8H15N3/c1-6-7(2)10-11-8(6)4-5-9-3/h9H,4-5H2,1-3H3,(H,10,11). The Kier molecular flexibility index (Phi) is 2.65. The fourth-order valence-corrected chi connectivity index (χ4v) is 1.02. The molecule has 0 bridgehead atoms. The average molecular weight is 153 g/mol. The predicted molar refractivity (Wildman–Crippen MR) is 45.7 cm³/mol. The van der Waals surface area contributed by atoms with Crippen LogP contribution in [-0.2, 0) is 6.42 Å². The number of hydrogen-bond donors (Lipinski definition) is 2. The van der Waals surface area contributed by atoms with Gasteiger partial charge in [-0.15, -0.1) is 0 Å². The Morgan fingerprint density at radius 2 is 2.18 bits per heavy atom. The van der Waals surface area contributed by atoms with E-state index in [0.717, 1.165) is 13.0 Å². The van der Waals surface area contributed by atoms with Gasteiger partial charge in [0.05, 0.1) is 5.69 Å². The molecule has 1 aromatic rings. The minimum absolute atomic E-state index is 0.991. The molecule has 0 aliphatic rings. The van der Waals surface area contributed by atoms with Crippen LogP contribution < -0.4 is 5.32 Å². The number of H-pyrrole nitrogens is 1. The Morgan fingerprint density at radius 1 is 1.45 bits per heavy atom. The third-order valence-electron chi connectivity index (χ3n) is 1.97. The molecular weight excluding hydrogens is 138 g/mol. The van der Waals surface area contributed by atoms with E-state index in [4.69, 9.17) is 0 Å². The van der Waals surface area contributed by atoms with Crippen molar-refractivity contribution in [3.63, 3.8) is 0 Å². The van der Waals surface area contributed by atoms with Gasteiger partial charge >= 0.3 is 0 Å². The van der Waals surface area contributed by atoms with Crippen molar-refractivity contribution in [2.45, 2.75) is 20.3 Å². The molecule has 0 atom stereocenters. The molecule has 62 valence electrons. The first-order valence-corrected chi connectivity index (χ1v) is 3.90. The maximum Gasteiger partial charge on any atom is 0.0666 e. The van der Waals surface area contributed by atoms with Crippen LogP contribution >= 0.6 is 0 Å². The zero-order valence-electron chi connectivity index (χ0n) is 7.36. The normalized spacial score (nSPS) is 10.5. The van der Waals surface area contributed by atoms with Gasteiger partial charge in [0.1, 0.15) is 0 Å². The third kappa shape index (κ3) is 1.80. The topological polar surface area (TPSA) is 40.7 Å². The number of likely N-dealkylation sites (N-methyl/N-ethyl adjacent to an activating group) is 1. The smallest absolute Gasteiger partial charge is 0.0666 e. The molecule has 2 N–H and O–H groups in total. The molecule has 0 aromatic carbocycles. The molecule has 0 spiro atoms. The summed E-state index contributed by atoms with van der Waals surface area (Å²) in [6, 6.07) is 0. The summed E-state index contributed by atoms with van der Waals surface area (Å²) in [6.45, 7) is 5.14. The maximum absolute atomic E-state index is 4.19. The van der Waals surface area contributed by atoms with Crippen LogP contribution in [0.1, 0.15) is 17.0 Å². The molecule has 3 heteroatoms. The maximum atomic E-state index is 4.19. The lowest BCUT2D eigenvalue weighted by Gasteiger charge is -1.96. The molecule has 0 fully saturated rings. The van der Waals surface area contributed by atoms with Crippen molar-refractivity contribution in [3.05, 3.63) is 17.0 Å². The molecule has 1 heterocycles. The van der Waals surface area contributed by atoms with E-state index < -0.39 is 0 Å². The third-order valence-corrected chi connectivity index (χ3v) is 1.97. The van der Waals surface area contributed by atoms with Crippen LogP contribution in [0.15, 0.2) is 0 Å². The lowest BCUT2D eigenvalue weighted by molar-refractivity contribution is 0.769. The zero-order valence-corrected chi connectivity index (χ0v) is 7.36. The van der Waals surface area contributed by atoms with E-state index in [9.17, 15) is 0 Å². The number of nitrogens with one attached hydrogen (secondary N) is 2. The highest BCUT2D eigenvalue weighted by atomic mass is 15.1. The summed E-state index contributed by atoms with van der Waals surface area (Å²) in [5.74, 6) is 0. The summed E-state index contributed by atoms with van der Waals surface area (Å²) in [6.07, 6.45) is 1.01. The molecule has 11 heavy (non-hydrogen) atoms. The molecule has 0 saturated heterocycles. The van der Waals surface area contributed by atoms with Crippen molar-refractivity contribution in [2.24, 2.45) is 0 Å². The molecule has 0 aliphatic carbocycles. The van der Waals surface area contributed by atoms with Gasteiger partial charge in [-0.25, -0.2) is 0 Å². The summed E-state index contributed by atoms with van der Waals surface area (Å²) in [4.78, 5) is 0. The van der Waals surface area contributed by atoms with E-state index in [1.54, 1.807) is 0 Å². The lowest BCUT2D eigenvalue weighted by atomic mass is 10.2. The molecule has 3 nitrogen and oxygen atoms in total. The van der Waals surface area contributed by atoms with Gasteiger partial charge in [0.25, 0.3) is 0 Å². The second kappa shape index (κ2) is 3.53. The highest BCUT2D eigenvalue weighted by Crippen LogP contribution is 2.07. The van der Waals surface area contributed by atoms with E-state index in [2.05, 4.69) is 22.4 Å². The SMILES string of the molecule is CNCCc1n[nH]c(C)c1C. The van der Waals surface area contributed by atoms with Crippen molar-refractivity contribution >= 4 is 0 Å². The van der Waals surface area contributed by atoms with Crippen LogP contribution in [0.4, 0.5) is 0 Å². The van der Waals surface area contributed by atoms with Gasteiger partial charge in [-0.2, -0.15) is 5.10 Å². The van der Waals surface area contributed by atoms with Crippen molar-refractivity contribution in [3.8, 4) is 0 Å². The fourth-order valence-electron chi connectivity index (χ4n) is 1.02. The van der Waals surface area contributed by atoms with E-state index in [0.29, 0.717) is 0 Å². The quantitative estimate of drug-likeness (QED) is 0.674. The van der Waals surface area contributed by atoms with Crippen molar-refractivity contribution in [2.75, 3.05) is 13.6 Å². The number of hydrogen-bond acceptors (Lipinski definition) is 2. The molecule has 1 rings (SSSR count). The largest absolute Gasteiger partial charge is 0.319 e. The molecule has 0 amide bonds. The number of nitrogens with zero attached hydrogens (tertiary/aromatic N) is 1. The molecule has 1 aromatic heterocycles. The molecule has 0 radical (unpaired) electrons. The number of rotatable bonds is 3. The number of aryl methyl sites for hydroxylation is 1. The summed E-state index contributed by atoms with van der Waals surface area (Å²) >= 11 is 0.